The highest BCUT2D eigenvalue weighted by Gasteiger charge is 2.33. The molecule has 3 heteroatoms. The van der Waals surface area contributed by atoms with Crippen molar-refractivity contribution < 1.29 is 0 Å². The largest absolute Gasteiger partial charge is 0.330 e. The Morgan fingerprint density at radius 2 is 2.29 bits per heavy atom. The molecule has 2 atom stereocenters. The zero-order chi connectivity index (χ0) is 12.3. The number of aromatic nitrogens is 1. The van der Waals surface area contributed by atoms with Crippen molar-refractivity contribution in [3.63, 3.8) is 0 Å². The van der Waals surface area contributed by atoms with E-state index < -0.39 is 0 Å². The zero-order valence-electron chi connectivity index (χ0n) is 10.9. The second-order valence-corrected chi connectivity index (χ2v) is 5.00. The highest BCUT2D eigenvalue weighted by atomic mass is 15.2. The van der Waals surface area contributed by atoms with Gasteiger partial charge in [-0.1, -0.05) is 13.0 Å². The maximum Gasteiger partial charge on any atom is 0.0404 e. The summed E-state index contributed by atoms with van der Waals surface area (Å²) in [6.07, 6.45) is 4.44. The summed E-state index contributed by atoms with van der Waals surface area (Å²) in [6, 6.07) is 4.79. The van der Waals surface area contributed by atoms with Crippen LogP contribution in [0.2, 0.25) is 0 Å². The van der Waals surface area contributed by atoms with Gasteiger partial charge in [0.1, 0.15) is 0 Å². The molecule has 2 N–H and O–H groups in total. The van der Waals surface area contributed by atoms with Gasteiger partial charge in [0.25, 0.3) is 0 Å². The highest BCUT2D eigenvalue weighted by molar-refractivity contribution is 5.19. The molecule has 94 valence electrons. The maximum atomic E-state index is 5.90. The average molecular weight is 233 g/mol. The minimum atomic E-state index is 0.480. The van der Waals surface area contributed by atoms with E-state index in [4.69, 9.17) is 5.73 Å². The van der Waals surface area contributed by atoms with Gasteiger partial charge in [-0.05, 0) is 56.9 Å². The molecule has 1 fully saturated rings. The third-order valence-electron chi connectivity index (χ3n) is 3.72. The number of nitrogens with zero attached hydrogens (tertiary/aromatic N) is 2. The normalized spacial score (nSPS) is 25.4. The van der Waals surface area contributed by atoms with Gasteiger partial charge < -0.3 is 5.73 Å². The molecule has 3 nitrogen and oxygen atoms in total. The summed E-state index contributed by atoms with van der Waals surface area (Å²) in [6.45, 7) is 7.38. The second-order valence-electron chi connectivity index (χ2n) is 5.00. The summed E-state index contributed by atoms with van der Waals surface area (Å²) >= 11 is 0. The van der Waals surface area contributed by atoms with Crippen molar-refractivity contribution in [2.45, 2.75) is 32.7 Å². The Hall–Kier alpha value is -0.930. The van der Waals surface area contributed by atoms with Crippen molar-refractivity contribution in [2.24, 2.45) is 11.7 Å². The fourth-order valence-electron chi connectivity index (χ4n) is 2.85. The molecule has 17 heavy (non-hydrogen) atoms. The lowest BCUT2D eigenvalue weighted by atomic mass is 9.94. The van der Waals surface area contributed by atoms with Crippen LogP contribution in [0.4, 0.5) is 0 Å². The van der Waals surface area contributed by atoms with Gasteiger partial charge in [0.2, 0.25) is 0 Å². The SMILES string of the molecule is CCCN1CCC(CN)C1c1ccc(C)nc1. The summed E-state index contributed by atoms with van der Waals surface area (Å²) in [5.74, 6) is 0.589. The van der Waals surface area contributed by atoms with Gasteiger partial charge in [0.15, 0.2) is 0 Å². The number of hydrogen-bond acceptors (Lipinski definition) is 3. The Morgan fingerprint density at radius 1 is 1.47 bits per heavy atom. The molecule has 1 aromatic rings. The quantitative estimate of drug-likeness (QED) is 0.866. The van der Waals surface area contributed by atoms with E-state index in [-0.39, 0.29) is 0 Å². The van der Waals surface area contributed by atoms with Gasteiger partial charge in [-0.25, -0.2) is 0 Å². The number of nitrogens with two attached hydrogens (primary N) is 1. The summed E-state index contributed by atoms with van der Waals surface area (Å²) in [7, 11) is 0. The van der Waals surface area contributed by atoms with E-state index in [0.717, 1.165) is 18.8 Å². The lowest BCUT2D eigenvalue weighted by Gasteiger charge is -2.27. The molecular formula is C14H23N3. The van der Waals surface area contributed by atoms with E-state index in [1.54, 1.807) is 0 Å². The van der Waals surface area contributed by atoms with E-state index in [2.05, 4.69) is 28.9 Å². The van der Waals surface area contributed by atoms with Gasteiger partial charge >= 0.3 is 0 Å². The van der Waals surface area contributed by atoms with Crippen LogP contribution in [0.15, 0.2) is 18.3 Å². The Bertz CT molecular complexity index is 347. The fourth-order valence-corrected chi connectivity index (χ4v) is 2.85. The number of rotatable bonds is 4. The zero-order valence-corrected chi connectivity index (χ0v) is 10.9. The Labute approximate surface area is 104 Å². The van der Waals surface area contributed by atoms with Crippen molar-refractivity contribution >= 4 is 0 Å². The van der Waals surface area contributed by atoms with Gasteiger partial charge in [0, 0.05) is 17.9 Å². The van der Waals surface area contributed by atoms with Gasteiger partial charge in [0.05, 0.1) is 0 Å². The predicted molar refractivity (Wildman–Crippen MR) is 70.7 cm³/mol. The summed E-state index contributed by atoms with van der Waals surface area (Å²) in [5, 5.41) is 0. The van der Waals surface area contributed by atoms with Crippen molar-refractivity contribution in [3.05, 3.63) is 29.6 Å². The first-order valence-electron chi connectivity index (χ1n) is 6.63. The van der Waals surface area contributed by atoms with E-state index in [9.17, 15) is 0 Å². The van der Waals surface area contributed by atoms with Crippen LogP contribution in [0, 0.1) is 12.8 Å². The molecule has 0 spiro atoms. The lowest BCUT2D eigenvalue weighted by molar-refractivity contribution is 0.230. The molecule has 0 amide bonds. The Morgan fingerprint density at radius 3 is 2.88 bits per heavy atom. The van der Waals surface area contributed by atoms with E-state index >= 15 is 0 Å². The summed E-state index contributed by atoms with van der Waals surface area (Å²) in [5.41, 5.74) is 8.31. The molecule has 0 aromatic carbocycles. The predicted octanol–water partition coefficient (Wildman–Crippen LogP) is 2.12. The smallest absolute Gasteiger partial charge is 0.0404 e. The Balaban J connectivity index is 2.21. The van der Waals surface area contributed by atoms with Crippen LogP contribution in [0.1, 0.15) is 37.1 Å². The standard InChI is InChI=1S/C14H23N3/c1-3-7-17-8-6-12(9-15)14(17)13-5-4-11(2)16-10-13/h4-5,10,12,14H,3,6-9,15H2,1-2H3. The van der Waals surface area contributed by atoms with Crippen LogP contribution in [0.25, 0.3) is 0 Å². The van der Waals surface area contributed by atoms with Crippen LogP contribution in [0.3, 0.4) is 0 Å². The third-order valence-corrected chi connectivity index (χ3v) is 3.72. The summed E-state index contributed by atoms with van der Waals surface area (Å²) < 4.78 is 0. The molecule has 1 aliphatic heterocycles. The molecule has 1 saturated heterocycles. The molecule has 2 rings (SSSR count). The highest BCUT2D eigenvalue weighted by Crippen LogP contribution is 2.36. The van der Waals surface area contributed by atoms with E-state index in [1.807, 2.05) is 13.1 Å². The molecule has 0 radical (unpaired) electrons. The van der Waals surface area contributed by atoms with Gasteiger partial charge in [-0.15, -0.1) is 0 Å². The maximum absolute atomic E-state index is 5.90. The van der Waals surface area contributed by atoms with Crippen molar-refractivity contribution in [3.8, 4) is 0 Å². The van der Waals surface area contributed by atoms with Crippen LogP contribution < -0.4 is 5.73 Å². The average Bonchev–Trinajstić information content (AvgIpc) is 2.74. The van der Waals surface area contributed by atoms with Crippen LogP contribution in [-0.2, 0) is 0 Å². The van der Waals surface area contributed by atoms with E-state index in [0.29, 0.717) is 12.0 Å². The van der Waals surface area contributed by atoms with Crippen molar-refractivity contribution in [1.82, 2.24) is 9.88 Å². The van der Waals surface area contributed by atoms with Crippen molar-refractivity contribution in [1.29, 1.82) is 0 Å². The molecule has 0 aliphatic carbocycles. The minimum absolute atomic E-state index is 0.480. The first-order valence-corrected chi connectivity index (χ1v) is 6.63. The van der Waals surface area contributed by atoms with Crippen LogP contribution >= 0.6 is 0 Å². The molecule has 2 heterocycles. The number of pyridine rings is 1. The topological polar surface area (TPSA) is 42.1 Å². The molecular weight excluding hydrogens is 210 g/mol. The Kier molecular flexibility index (Phi) is 4.13. The first-order chi connectivity index (χ1) is 8.26. The molecule has 0 saturated carbocycles. The minimum Gasteiger partial charge on any atom is -0.330 e. The summed E-state index contributed by atoms with van der Waals surface area (Å²) in [4.78, 5) is 6.98. The molecule has 1 aromatic heterocycles. The molecule has 2 unspecified atom stereocenters. The molecule has 0 bridgehead atoms. The van der Waals surface area contributed by atoms with Crippen LogP contribution in [-0.4, -0.2) is 29.5 Å². The monoisotopic (exact) mass is 233 g/mol. The number of likely N-dealkylation sites (tertiary alicyclic amines) is 1. The third kappa shape index (κ3) is 2.67. The van der Waals surface area contributed by atoms with Crippen LogP contribution in [0.5, 0.6) is 0 Å². The van der Waals surface area contributed by atoms with Gasteiger partial charge in [-0.3, -0.25) is 9.88 Å². The van der Waals surface area contributed by atoms with E-state index in [1.165, 1.54) is 24.9 Å². The number of hydrogen-bond donors (Lipinski definition) is 1. The molecule has 1 aliphatic rings. The fraction of sp³-hybridized carbons (Fsp3) is 0.643. The lowest BCUT2D eigenvalue weighted by Crippen LogP contribution is -2.29. The number of aryl methyl sites for hydroxylation is 1. The first kappa shape index (κ1) is 12.5. The van der Waals surface area contributed by atoms with Gasteiger partial charge in [-0.2, -0.15) is 0 Å². The van der Waals surface area contributed by atoms with Crippen molar-refractivity contribution in [2.75, 3.05) is 19.6 Å². The second kappa shape index (κ2) is 5.61.